The van der Waals surface area contributed by atoms with Gasteiger partial charge in [-0.3, -0.25) is 4.79 Å². The van der Waals surface area contributed by atoms with Crippen LogP contribution in [0, 0.1) is 0 Å². The molecule has 0 bridgehead atoms. The molecular weight excluding hydrogens is 446 g/mol. The summed E-state index contributed by atoms with van der Waals surface area (Å²) in [5.74, 6) is 0.344. The quantitative estimate of drug-likeness (QED) is 0.562. The van der Waals surface area contributed by atoms with Gasteiger partial charge in [0.05, 0.1) is 33.5 Å². The van der Waals surface area contributed by atoms with Crippen molar-refractivity contribution in [1.29, 1.82) is 0 Å². The topological polar surface area (TPSA) is 83.1 Å². The van der Waals surface area contributed by atoms with Gasteiger partial charge in [0.15, 0.2) is 17.3 Å². The van der Waals surface area contributed by atoms with Gasteiger partial charge >= 0.3 is 5.97 Å². The number of esters is 1. The number of carbonyl (C=O) groups excluding carboxylic acids is 2. The van der Waals surface area contributed by atoms with Crippen molar-refractivity contribution in [1.82, 2.24) is 5.32 Å². The number of methoxy groups -OCH3 is 3. The number of Topliss-reactive ketones (excluding diaryl/α,β-unsaturated/α-hetero) is 1. The molecule has 0 amide bonds. The van der Waals surface area contributed by atoms with E-state index in [4.69, 9.17) is 18.9 Å². The SMILES string of the molecule is COc1cc([C@H]2C(C(=O)OCCc3ccccc3)=C(C)NC3=C2C(=O)CCC3)cc(OC)c1OC. The van der Waals surface area contributed by atoms with E-state index >= 15 is 0 Å². The predicted octanol–water partition coefficient (Wildman–Crippen LogP) is 4.47. The molecule has 184 valence electrons. The Morgan fingerprint density at radius 3 is 2.31 bits per heavy atom. The fourth-order valence-electron chi connectivity index (χ4n) is 4.84. The Bertz CT molecular complexity index is 1160. The molecule has 1 aliphatic carbocycles. The zero-order valence-corrected chi connectivity index (χ0v) is 20.6. The Balaban J connectivity index is 1.74. The molecule has 0 spiro atoms. The maximum absolute atomic E-state index is 13.5. The van der Waals surface area contributed by atoms with Crippen LogP contribution < -0.4 is 19.5 Å². The van der Waals surface area contributed by atoms with Gasteiger partial charge in [0.25, 0.3) is 0 Å². The Kier molecular flexibility index (Phi) is 7.44. The summed E-state index contributed by atoms with van der Waals surface area (Å²) in [6, 6.07) is 13.5. The summed E-state index contributed by atoms with van der Waals surface area (Å²) in [6.07, 6.45) is 2.57. The van der Waals surface area contributed by atoms with Gasteiger partial charge in [0, 0.05) is 35.7 Å². The molecule has 0 fully saturated rings. The second-order valence-corrected chi connectivity index (χ2v) is 8.60. The number of hydrogen-bond acceptors (Lipinski definition) is 7. The van der Waals surface area contributed by atoms with Crippen molar-refractivity contribution in [2.24, 2.45) is 0 Å². The standard InChI is InChI=1S/C28H31NO6/c1-17-24(28(31)35-14-13-18-9-6-5-7-10-18)25(26-20(29-17)11-8-12-21(26)30)19-15-22(32-2)27(34-4)23(16-19)33-3/h5-7,9-10,15-16,25,29H,8,11-14H2,1-4H3/t25-/m0/s1. The van der Waals surface area contributed by atoms with E-state index in [0.717, 1.165) is 24.1 Å². The molecule has 0 unspecified atom stereocenters. The summed E-state index contributed by atoms with van der Waals surface area (Å²) in [5.41, 5.74) is 4.35. The van der Waals surface area contributed by atoms with Crippen LogP contribution in [0.25, 0.3) is 0 Å². The van der Waals surface area contributed by atoms with Crippen LogP contribution in [0.15, 0.2) is 65.0 Å². The smallest absolute Gasteiger partial charge is 0.336 e. The number of ether oxygens (including phenoxy) is 4. The van der Waals surface area contributed by atoms with Gasteiger partial charge in [-0.1, -0.05) is 30.3 Å². The van der Waals surface area contributed by atoms with Crippen molar-refractivity contribution in [3.63, 3.8) is 0 Å². The summed E-state index contributed by atoms with van der Waals surface area (Å²) in [5, 5.41) is 3.32. The second-order valence-electron chi connectivity index (χ2n) is 8.60. The summed E-state index contributed by atoms with van der Waals surface area (Å²) in [7, 11) is 4.62. The van der Waals surface area contributed by atoms with E-state index in [1.807, 2.05) is 37.3 Å². The number of nitrogens with one attached hydrogen (secondary N) is 1. The highest BCUT2D eigenvalue weighted by molar-refractivity contribution is 6.03. The van der Waals surface area contributed by atoms with Crippen LogP contribution in [-0.4, -0.2) is 39.7 Å². The van der Waals surface area contributed by atoms with Crippen molar-refractivity contribution in [2.75, 3.05) is 27.9 Å². The van der Waals surface area contributed by atoms with Crippen molar-refractivity contribution in [2.45, 2.75) is 38.5 Å². The summed E-state index contributed by atoms with van der Waals surface area (Å²) in [4.78, 5) is 26.6. The molecule has 1 N–H and O–H groups in total. The highest BCUT2D eigenvalue weighted by Crippen LogP contribution is 2.47. The largest absolute Gasteiger partial charge is 0.493 e. The number of benzene rings is 2. The number of carbonyl (C=O) groups is 2. The predicted molar refractivity (Wildman–Crippen MR) is 132 cm³/mol. The van der Waals surface area contributed by atoms with Gasteiger partial charge < -0.3 is 24.3 Å². The minimum Gasteiger partial charge on any atom is -0.493 e. The van der Waals surface area contributed by atoms with Gasteiger partial charge in [0.1, 0.15) is 0 Å². The van der Waals surface area contributed by atoms with E-state index in [9.17, 15) is 9.59 Å². The Hall–Kier alpha value is -3.74. The zero-order chi connectivity index (χ0) is 24.9. The van der Waals surface area contributed by atoms with Crippen LogP contribution in [0.1, 0.15) is 43.2 Å². The summed E-state index contributed by atoms with van der Waals surface area (Å²) < 4.78 is 22.3. The first-order chi connectivity index (χ1) is 17.0. The fraction of sp³-hybridized carbons (Fsp3) is 0.357. The average Bonchev–Trinajstić information content (AvgIpc) is 2.87. The van der Waals surface area contributed by atoms with Crippen LogP contribution in [-0.2, 0) is 20.7 Å². The number of dihydropyridines is 1. The molecule has 7 nitrogen and oxygen atoms in total. The van der Waals surface area contributed by atoms with Crippen LogP contribution in [0.2, 0.25) is 0 Å². The third-order valence-electron chi connectivity index (χ3n) is 6.48. The van der Waals surface area contributed by atoms with Gasteiger partial charge in [0.2, 0.25) is 5.75 Å². The van der Waals surface area contributed by atoms with Gasteiger partial charge in [-0.15, -0.1) is 0 Å². The van der Waals surface area contributed by atoms with Crippen LogP contribution in [0.5, 0.6) is 17.2 Å². The first-order valence-electron chi connectivity index (χ1n) is 11.7. The fourth-order valence-corrected chi connectivity index (χ4v) is 4.84. The molecule has 1 aliphatic heterocycles. The Morgan fingerprint density at radius 2 is 1.69 bits per heavy atom. The van der Waals surface area contributed by atoms with Crippen LogP contribution >= 0.6 is 0 Å². The molecule has 0 saturated carbocycles. The number of rotatable bonds is 8. The average molecular weight is 478 g/mol. The number of hydrogen-bond donors (Lipinski definition) is 1. The first kappa shape index (κ1) is 24.4. The molecule has 2 aromatic carbocycles. The molecule has 2 aromatic rings. The number of ketones is 1. The van der Waals surface area contributed by atoms with Crippen molar-refractivity contribution in [3.8, 4) is 17.2 Å². The third-order valence-corrected chi connectivity index (χ3v) is 6.48. The molecule has 1 heterocycles. The van der Waals surface area contributed by atoms with Gasteiger partial charge in [-0.05, 0) is 43.0 Å². The molecule has 1 atom stereocenters. The second kappa shape index (κ2) is 10.7. The van der Waals surface area contributed by atoms with Crippen LogP contribution in [0.4, 0.5) is 0 Å². The minimum absolute atomic E-state index is 0.0274. The maximum Gasteiger partial charge on any atom is 0.336 e. The lowest BCUT2D eigenvalue weighted by molar-refractivity contribution is -0.139. The van der Waals surface area contributed by atoms with Crippen molar-refractivity contribution < 1.29 is 28.5 Å². The third kappa shape index (κ3) is 4.90. The summed E-state index contributed by atoms with van der Waals surface area (Å²) in [6.45, 7) is 2.09. The minimum atomic E-state index is -0.600. The zero-order valence-electron chi connectivity index (χ0n) is 20.6. The lowest BCUT2D eigenvalue weighted by Crippen LogP contribution is -2.34. The monoisotopic (exact) mass is 477 g/mol. The van der Waals surface area contributed by atoms with Crippen LogP contribution in [0.3, 0.4) is 0 Å². The van der Waals surface area contributed by atoms with E-state index in [1.165, 1.54) is 7.11 Å². The van der Waals surface area contributed by atoms with E-state index in [2.05, 4.69) is 5.32 Å². The Morgan fingerprint density at radius 1 is 1.00 bits per heavy atom. The van der Waals surface area contributed by atoms with E-state index in [1.54, 1.807) is 26.4 Å². The molecule has 0 aromatic heterocycles. The molecule has 0 saturated heterocycles. The van der Waals surface area contributed by atoms with E-state index in [-0.39, 0.29) is 12.4 Å². The van der Waals surface area contributed by atoms with E-state index < -0.39 is 11.9 Å². The van der Waals surface area contributed by atoms with Crippen molar-refractivity contribution in [3.05, 3.63) is 76.1 Å². The highest BCUT2D eigenvalue weighted by atomic mass is 16.5. The first-order valence-corrected chi connectivity index (χ1v) is 11.7. The Labute approximate surface area is 205 Å². The lowest BCUT2D eigenvalue weighted by Gasteiger charge is -2.34. The molecule has 7 heteroatoms. The normalized spacial score (nSPS) is 17.5. The molecule has 35 heavy (non-hydrogen) atoms. The van der Waals surface area contributed by atoms with E-state index in [0.29, 0.717) is 52.5 Å². The number of allylic oxidation sites excluding steroid dienone is 3. The van der Waals surface area contributed by atoms with Gasteiger partial charge in [-0.2, -0.15) is 0 Å². The molecule has 4 rings (SSSR count). The molecule has 0 radical (unpaired) electrons. The maximum atomic E-state index is 13.5. The van der Waals surface area contributed by atoms with Gasteiger partial charge in [-0.25, -0.2) is 4.79 Å². The molecule has 2 aliphatic rings. The lowest BCUT2D eigenvalue weighted by atomic mass is 9.75. The highest BCUT2D eigenvalue weighted by Gasteiger charge is 2.40. The van der Waals surface area contributed by atoms with Crippen molar-refractivity contribution >= 4 is 11.8 Å². The molecular formula is C28H31NO6. The summed E-state index contributed by atoms with van der Waals surface area (Å²) >= 11 is 0.